The molecule has 0 radical (unpaired) electrons. The molecule has 0 aromatic carbocycles. The van der Waals surface area contributed by atoms with Crippen LogP contribution in [0, 0.1) is 17.0 Å². The number of nitro groups is 1. The predicted molar refractivity (Wildman–Crippen MR) is 77.4 cm³/mol. The van der Waals surface area contributed by atoms with Gasteiger partial charge in [0, 0.05) is 11.8 Å². The molecule has 2 heterocycles. The number of aromatic hydroxyl groups is 1. The third-order valence-corrected chi connectivity index (χ3v) is 5.50. The molecule has 0 amide bonds. The fourth-order valence-corrected chi connectivity index (χ4v) is 4.08. The number of halogens is 1. The van der Waals surface area contributed by atoms with E-state index in [1.165, 1.54) is 12.1 Å². The maximum Gasteiger partial charge on any atom is 0.300 e. The lowest BCUT2D eigenvalue weighted by Gasteiger charge is -2.07. The summed E-state index contributed by atoms with van der Waals surface area (Å²) in [7, 11) is -4.13. The van der Waals surface area contributed by atoms with E-state index in [9.17, 15) is 23.6 Å². The molecule has 2 N–H and O–H groups in total. The van der Waals surface area contributed by atoms with Gasteiger partial charge in [0.1, 0.15) is 4.21 Å². The van der Waals surface area contributed by atoms with E-state index in [1.807, 2.05) is 0 Å². The number of pyridine rings is 1. The molecule has 0 spiro atoms. The molecule has 0 atom stereocenters. The zero-order valence-electron chi connectivity index (χ0n) is 10.4. The summed E-state index contributed by atoms with van der Waals surface area (Å²) in [4.78, 5) is 13.7. The highest BCUT2D eigenvalue weighted by molar-refractivity contribution is 7.94. The SMILES string of the molecule is Cc1ccc(O)c(NS(=O)(=O)c2cc([N+](=O)[O-])c(Cl)s2)n1. The monoisotopic (exact) mass is 349 g/mol. The van der Waals surface area contributed by atoms with E-state index in [1.54, 1.807) is 6.92 Å². The van der Waals surface area contributed by atoms with E-state index in [4.69, 9.17) is 11.6 Å². The van der Waals surface area contributed by atoms with Crippen LogP contribution in [0.1, 0.15) is 5.69 Å². The van der Waals surface area contributed by atoms with Crippen molar-refractivity contribution in [1.29, 1.82) is 0 Å². The molecular weight excluding hydrogens is 342 g/mol. The van der Waals surface area contributed by atoms with Gasteiger partial charge < -0.3 is 5.11 Å². The summed E-state index contributed by atoms with van der Waals surface area (Å²) in [5, 5.41) is 20.3. The molecule has 0 fully saturated rings. The first-order chi connectivity index (χ1) is 9.70. The first-order valence-corrected chi connectivity index (χ1v) is 8.01. The molecule has 0 saturated heterocycles. The van der Waals surface area contributed by atoms with E-state index in [2.05, 4.69) is 9.71 Å². The second-order valence-corrected chi connectivity index (χ2v) is 7.47. The number of anilines is 1. The maximum absolute atomic E-state index is 12.1. The van der Waals surface area contributed by atoms with Crippen LogP contribution >= 0.6 is 22.9 Å². The number of aromatic nitrogens is 1. The van der Waals surface area contributed by atoms with Gasteiger partial charge in [-0.2, -0.15) is 0 Å². The third-order valence-electron chi connectivity index (χ3n) is 2.35. The van der Waals surface area contributed by atoms with Crippen molar-refractivity contribution in [3.63, 3.8) is 0 Å². The number of sulfonamides is 1. The summed E-state index contributed by atoms with van der Waals surface area (Å²) in [5.41, 5.74) is -0.0100. The Kier molecular flexibility index (Phi) is 4.03. The fourth-order valence-electron chi connectivity index (χ4n) is 1.40. The second kappa shape index (κ2) is 5.47. The number of hydrogen-bond donors (Lipinski definition) is 2. The molecule has 21 heavy (non-hydrogen) atoms. The summed E-state index contributed by atoms with van der Waals surface area (Å²) in [6, 6.07) is 3.63. The van der Waals surface area contributed by atoms with Crippen LogP contribution < -0.4 is 4.72 Å². The van der Waals surface area contributed by atoms with Crippen LogP contribution in [0.5, 0.6) is 5.75 Å². The molecule has 112 valence electrons. The number of nitrogens with zero attached hydrogens (tertiary/aromatic N) is 2. The highest BCUT2D eigenvalue weighted by Crippen LogP contribution is 2.37. The van der Waals surface area contributed by atoms with Gasteiger partial charge in [-0.15, -0.1) is 11.3 Å². The Morgan fingerprint density at radius 1 is 1.48 bits per heavy atom. The van der Waals surface area contributed by atoms with Crippen molar-refractivity contribution in [2.45, 2.75) is 11.1 Å². The molecule has 11 heteroatoms. The van der Waals surface area contributed by atoms with Crippen LogP contribution in [0.2, 0.25) is 4.34 Å². The average Bonchev–Trinajstić information content (AvgIpc) is 2.77. The van der Waals surface area contributed by atoms with Crippen molar-refractivity contribution in [3.8, 4) is 5.75 Å². The van der Waals surface area contributed by atoms with Crippen molar-refractivity contribution >= 4 is 44.5 Å². The Morgan fingerprint density at radius 3 is 2.71 bits per heavy atom. The van der Waals surface area contributed by atoms with Crippen LogP contribution in [0.25, 0.3) is 0 Å². The quantitative estimate of drug-likeness (QED) is 0.645. The van der Waals surface area contributed by atoms with E-state index in [-0.39, 0.29) is 20.1 Å². The van der Waals surface area contributed by atoms with Crippen molar-refractivity contribution in [2.24, 2.45) is 0 Å². The van der Waals surface area contributed by atoms with Gasteiger partial charge in [0.2, 0.25) is 0 Å². The molecule has 2 rings (SSSR count). The highest BCUT2D eigenvalue weighted by Gasteiger charge is 2.26. The minimum atomic E-state index is -4.13. The standard InChI is InChI=1S/C10H8ClN3O5S2/c1-5-2-3-7(15)10(12-5)13-21(18,19)8-4-6(14(16)17)9(11)20-8/h2-4,15H,1H3,(H,12,13). The smallest absolute Gasteiger partial charge is 0.300 e. The Morgan fingerprint density at radius 2 is 2.14 bits per heavy atom. The van der Waals surface area contributed by atoms with Gasteiger partial charge in [-0.05, 0) is 19.1 Å². The lowest BCUT2D eigenvalue weighted by Crippen LogP contribution is -2.13. The summed E-state index contributed by atoms with van der Waals surface area (Å²) in [5.74, 6) is -0.622. The van der Waals surface area contributed by atoms with E-state index in [0.29, 0.717) is 17.0 Å². The number of rotatable bonds is 4. The van der Waals surface area contributed by atoms with Crippen LogP contribution in [0.15, 0.2) is 22.4 Å². The number of thiophene rings is 1. The molecule has 0 unspecified atom stereocenters. The Hall–Kier alpha value is -1.91. The van der Waals surface area contributed by atoms with Gasteiger partial charge in [0.05, 0.1) is 4.92 Å². The normalized spacial score (nSPS) is 11.3. The van der Waals surface area contributed by atoms with Gasteiger partial charge in [-0.25, -0.2) is 13.4 Å². The Bertz CT molecular complexity index is 818. The van der Waals surface area contributed by atoms with Crippen LogP contribution in [-0.2, 0) is 10.0 Å². The minimum Gasteiger partial charge on any atom is -0.504 e. The molecule has 0 saturated carbocycles. The van der Waals surface area contributed by atoms with Gasteiger partial charge in [0.15, 0.2) is 15.9 Å². The third kappa shape index (κ3) is 3.23. The number of nitrogens with one attached hydrogen (secondary N) is 1. The average molecular weight is 350 g/mol. The summed E-state index contributed by atoms with van der Waals surface area (Å²) >= 11 is 6.17. The molecule has 0 aliphatic rings. The van der Waals surface area contributed by atoms with Gasteiger partial charge in [-0.3, -0.25) is 14.8 Å². The zero-order valence-corrected chi connectivity index (χ0v) is 12.8. The molecule has 0 bridgehead atoms. The maximum atomic E-state index is 12.1. The number of hydrogen-bond acceptors (Lipinski definition) is 7. The van der Waals surface area contributed by atoms with E-state index in [0.717, 1.165) is 6.07 Å². The highest BCUT2D eigenvalue weighted by atomic mass is 35.5. The van der Waals surface area contributed by atoms with Crippen molar-refractivity contribution in [1.82, 2.24) is 4.98 Å². The largest absolute Gasteiger partial charge is 0.504 e. The fraction of sp³-hybridized carbons (Fsp3) is 0.100. The second-order valence-electron chi connectivity index (χ2n) is 3.91. The molecule has 2 aromatic heterocycles. The summed E-state index contributed by atoms with van der Waals surface area (Å²) in [6.07, 6.45) is 0. The topological polar surface area (TPSA) is 122 Å². The van der Waals surface area contributed by atoms with Crippen LogP contribution in [0.4, 0.5) is 11.5 Å². The molecule has 0 aliphatic heterocycles. The summed E-state index contributed by atoms with van der Waals surface area (Å²) in [6.45, 7) is 1.62. The lowest BCUT2D eigenvalue weighted by molar-refractivity contribution is -0.384. The first kappa shape index (κ1) is 15.5. The summed E-state index contributed by atoms with van der Waals surface area (Å²) < 4.78 is 25.7. The predicted octanol–water partition coefficient (Wildman–Crippen LogP) is 2.52. The zero-order chi connectivity index (χ0) is 15.8. The Balaban J connectivity index is 2.41. The van der Waals surface area contributed by atoms with Gasteiger partial charge in [-0.1, -0.05) is 11.6 Å². The molecule has 2 aromatic rings. The Labute approximate surface area is 128 Å². The van der Waals surface area contributed by atoms with Crippen LogP contribution in [-0.4, -0.2) is 23.4 Å². The van der Waals surface area contributed by atoms with E-state index >= 15 is 0 Å². The molecule has 0 aliphatic carbocycles. The number of aryl methyl sites for hydroxylation is 1. The minimum absolute atomic E-state index is 0.248. The molecule has 8 nitrogen and oxygen atoms in total. The lowest BCUT2D eigenvalue weighted by atomic mass is 10.3. The van der Waals surface area contributed by atoms with Crippen molar-refractivity contribution < 1.29 is 18.4 Å². The van der Waals surface area contributed by atoms with Crippen LogP contribution in [0.3, 0.4) is 0 Å². The van der Waals surface area contributed by atoms with Crippen molar-refractivity contribution in [2.75, 3.05) is 4.72 Å². The van der Waals surface area contributed by atoms with Gasteiger partial charge >= 0.3 is 0 Å². The van der Waals surface area contributed by atoms with Crippen molar-refractivity contribution in [3.05, 3.63) is 38.3 Å². The van der Waals surface area contributed by atoms with E-state index < -0.39 is 20.6 Å². The van der Waals surface area contributed by atoms with Gasteiger partial charge in [0.25, 0.3) is 15.7 Å². The molecular formula is C10H8ClN3O5S2. The first-order valence-electron chi connectivity index (χ1n) is 5.34.